The molecule has 0 fully saturated rings. The zero-order valence-electron chi connectivity index (χ0n) is 17.7. The highest BCUT2D eigenvalue weighted by molar-refractivity contribution is 5.95. The summed E-state index contributed by atoms with van der Waals surface area (Å²) in [7, 11) is 0. The zero-order valence-corrected chi connectivity index (χ0v) is 17.7. The minimum Gasteiger partial charge on any atom is -0.487 e. The molecule has 1 amide bonds. The molecule has 2 aromatic rings. The molecule has 1 atom stereocenters. The Bertz CT molecular complexity index is 1060. The molecule has 1 aromatic heterocycles. The van der Waals surface area contributed by atoms with E-state index in [4.69, 9.17) is 4.74 Å². The molecule has 6 nitrogen and oxygen atoms in total. The van der Waals surface area contributed by atoms with Crippen molar-refractivity contribution in [3.05, 3.63) is 95.1 Å². The molecule has 3 heterocycles. The maximum atomic E-state index is 12.9. The number of nitrogens with zero attached hydrogens (tertiary/aromatic N) is 2. The van der Waals surface area contributed by atoms with Crippen LogP contribution in [0.1, 0.15) is 36.8 Å². The van der Waals surface area contributed by atoms with Crippen molar-refractivity contribution in [1.82, 2.24) is 20.5 Å². The highest BCUT2D eigenvalue weighted by Crippen LogP contribution is 2.28. The number of halogens is 1. The highest BCUT2D eigenvalue weighted by Gasteiger charge is 2.29. The number of ether oxygens (including phenoxy) is 1. The summed E-state index contributed by atoms with van der Waals surface area (Å²) in [6, 6.07) is 9.78. The van der Waals surface area contributed by atoms with E-state index >= 15 is 0 Å². The SMILES string of the molecule is CC1=C(C(C)C)NC2C=CC(NC(=O)c3ccc(OCc4ccc(F)cn4)cc3)=CN12. The number of hydrogen-bond acceptors (Lipinski definition) is 5. The molecule has 4 rings (SSSR count). The van der Waals surface area contributed by atoms with Crippen LogP contribution in [0.3, 0.4) is 0 Å². The zero-order chi connectivity index (χ0) is 22.0. The Kier molecular flexibility index (Phi) is 5.75. The molecule has 2 aliphatic heterocycles. The smallest absolute Gasteiger partial charge is 0.255 e. The molecule has 0 radical (unpaired) electrons. The molecule has 0 spiro atoms. The fourth-order valence-electron chi connectivity index (χ4n) is 3.60. The Morgan fingerprint density at radius 3 is 2.71 bits per heavy atom. The Morgan fingerprint density at radius 1 is 1.26 bits per heavy atom. The predicted octanol–water partition coefficient (Wildman–Crippen LogP) is 4.06. The molecule has 2 aliphatic rings. The summed E-state index contributed by atoms with van der Waals surface area (Å²) in [5.41, 5.74) is 4.26. The van der Waals surface area contributed by atoms with Crippen molar-refractivity contribution in [2.24, 2.45) is 5.92 Å². The molecule has 160 valence electrons. The summed E-state index contributed by atoms with van der Waals surface area (Å²) < 4.78 is 18.6. The first kappa shape index (κ1) is 20.7. The van der Waals surface area contributed by atoms with Crippen molar-refractivity contribution >= 4 is 5.91 Å². The number of aromatic nitrogens is 1. The number of carbonyl (C=O) groups is 1. The monoisotopic (exact) mass is 420 g/mol. The molecule has 0 saturated heterocycles. The molecule has 1 aromatic carbocycles. The van der Waals surface area contributed by atoms with Crippen LogP contribution >= 0.6 is 0 Å². The van der Waals surface area contributed by atoms with Crippen LogP contribution in [-0.2, 0) is 6.61 Å². The van der Waals surface area contributed by atoms with E-state index in [0.29, 0.717) is 22.9 Å². The van der Waals surface area contributed by atoms with Crippen LogP contribution in [0, 0.1) is 11.7 Å². The van der Waals surface area contributed by atoms with Crippen LogP contribution in [0.4, 0.5) is 4.39 Å². The van der Waals surface area contributed by atoms with Crippen LogP contribution in [0.2, 0.25) is 0 Å². The van der Waals surface area contributed by atoms with E-state index in [1.165, 1.54) is 11.8 Å². The third-order valence-corrected chi connectivity index (χ3v) is 5.24. The van der Waals surface area contributed by atoms with Gasteiger partial charge in [-0.25, -0.2) is 4.39 Å². The van der Waals surface area contributed by atoms with Gasteiger partial charge in [0.05, 0.1) is 17.6 Å². The number of nitrogens with one attached hydrogen (secondary N) is 2. The average molecular weight is 420 g/mol. The van der Waals surface area contributed by atoms with Gasteiger partial charge < -0.3 is 20.3 Å². The largest absolute Gasteiger partial charge is 0.487 e. The third kappa shape index (κ3) is 4.60. The molecule has 0 bridgehead atoms. The van der Waals surface area contributed by atoms with Crippen molar-refractivity contribution < 1.29 is 13.9 Å². The van der Waals surface area contributed by atoms with Gasteiger partial charge in [0.15, 0.2) is 0 Å². The molecular weight excluding hydrogens is 395 g/mol. The average Bonchev–Trinajstić information content (AvgIpc) is 3.10. The summed E-state index contributed by atoms with van der Waals surface area (Å²) in [5, 5.41) is 6.46. The van der Waals surface area contributed by atoms with Gasteiger partial charge in [-0.2, -0.15) is 0 Å². The minimum atomic E-state index is -0.384. The molecule has 1 unspecified atom stereocenters. The van der Waals surface area contributed by atoms with Gasteiger partial charge in [0.2, 0.25) is 0 Å². The lowest BCUT2D eigenvalue weighted by Gasteiger charge is -2.26. The van der Waals surface area contributed by atoms with Crippen LogP contribution < -0.4 is 15.4 Å². The van der Waals surface area contributed by atoms with Crippen molar-refractivity contribution in [2.75, 3.05) is 0 Å². The first-order chi connectivity index (χ1) is 14.9. The minimum absolute atomic E-state index is 0.0880. The van der Waals surface area contributed by atoms with Crippen molar-refractivity contribution in [3.63, 3.8) is 0 Å². The standard InChI is InChI=1S/C24H25FN4O2/c1-15(2)23-16(3)29-13-19(8-11-22(29)28-23)27-24(30)17-4-9-21(10-5-17)31-14-20-7-6-18(25)12-26-20/h4-13,15,22,28H,14H2,1-3H3,(H,27,30). The number of pyridine rings is 1. The van der Waals surface area contributed by atoms with E-state index in [9.17, 15) is 9.18 Å². The fraction of sp³-hybridized carbons (Fsp3) is 0.250. The molecule has 31 heavy (non-hydrogen) atoms. The number of rotatable bonds is 6. The van der Waals surface area contributed by atoms with Gasteiger partial charge in [-0.3, -0.25) is 9.78 Å². The number of fused-ring (bicyclic) bond motifs is 1. The Balaban J connectivity index is 1.37. The lowest BCUT2D eigenvalue weighted by Crippen LogP contribution is -2.36. The van der Waals surface area contributed by atoms with E-state index < -0.39 is 0 Å². The van der Waals surface area contributed by atoms with Crippen molar-refractivity contribution in [1.29, 1.82) is 0 Å². The van der Waals surface area contributed by atoms with E-state index in [1.807, 2.05) is 18.4 Å². The number of carbonyl (C=O) groups excluding carboxylic acids is 1. The van der Waals surface area contributed by atoms with E-state index in [-0.39, 0.29) is 24.5 Å². The van der Waals surface area contributed by atoms with Gasteiger partial charge in [-0.05, 0) is 61.4 Å². The van der Waals surface area contributed by atoms with Gasteiger partial charge in [0.1, 0.15) is 24.3 Å². The second-order valence-corrected chi connectivity index (χ2v) is 7.83. The number of allylic oxidation sites excluding steroid dienone is 3. The molecule has 0 saturated carbocycles. The Morgan fingerprint density at radius 2 is 2.03 bits per heavy atom. The van der Waals surface area contributed by atoms with Crippen LogP contribution in [0.25, 0.3) is 0 Å². The van der Waals surface area contributed by atoms with Crippen molar-refractivity contribution in [3.8, 4) is 5.75 Å². The summed E-state index contributed by atoms with van der Waals surface area (Å²) >= 11 is 0. The Hall–Kier alpha value is -3.61. The first-order valence-corrected chi connectivity index (χ1v) is 10.2. The maximum absolute atomic E-state index is 12.9. The molecule has 0 aliphatic carbocycles. The third-order valence-electron chi connectivity index (χ3n) is 5.24. The molecular formula is C24H25FN4O2. The van der Waals surface area contributed by atoms with E-state index in [1.54, 1.807) is 30.3 Å². The van der Waals surface area contributed by atoms with Gasteiger partial charge in [0, 0.05) is 23.2 Å². The number of hydrogen-bond donors (Lipinski definition) is 2. The van der Waals surface area contributed by atoms with E-state index in [2.05, 4.69) is 41.3 Å². The molecule has 2 N–H and O–H groups in total. The summed E-state index contributed by atoms with van der Waals surface area (Å²) in [4.78, 5) is 18.8. The van der Waals surface area contributed by atoms with E-state index in [0.717, 1.165) is 17.6 Å². The van der Waals surface area contributed by atoms with Gasteiger partial charge in [-0.15, -0.1) is 0 Å². The number of amides is 1. The fourth-order valence-corrected chi connectivity index (χ4v) is 3.60. The van der Waals surface area contributed by atoms with Crippen LogP contribution in [0.15, 0.2) is 78.0 Å². The van der Waals surface area contributed by atoms with Crippen molar-refractivity contribution in [2.45, 2.75) is 33.5 Å². The van der Waals surface area contributed by atoms with Gasteiger partial charge in [-0.1, -0.05) is 13.8 Å². The van der Waals surface area contributed by atoms with Crippen LogP contribution in [-0.4, -0.2) is 22.0 Å². The molecule has 7 heteroatoms. The maximum Gasteiger partial charge on any atom is 0.255 e. The first-order valence-electron chi connectivity index (χ1n) is 10.2. The highest BCUT2D eigenvalue weighted by atomic mass is 19.1. The Labute approximate surface area is 181 Å². The topological polar surface area (TPSA) is 66.5 Å². The quantitative estimate of drug-likeness (QED) is 0.738. The predicted molar refractivity (Wildman–Crippen MR) is 116 cm³/mol. The summed E-state index contributed by atoms with van der Waals surface area (Å²) in [6.45, 7) is 6.62. The van der Waals surface area contributed by atoms with Gasteiger partial charge in [0.25, 0.3) is 5.91 Å². The van der Waals surface area contributed by atoms with Gasteiger partial charge >= 0.3 is 0 Å². The summed E-state index contributed by atoms with van der Waals surface area (Å²) in [6.07, 6.45) is 7.14. The van der Waals surface area contributed by atoms with Crippen LogP contribution in [0.5, 0.6) is 5.75 Å². The second-order valence-electron chi connectivity index (χ2n) is 7.83. The normalized spacial score (nSPS) is 17.4. The number of benzene rings is 1. The lowest BCUT2D eigenvalue weighted by molar-refractivity contribution is 0.0966. The summed E-state index contributed by atoms with van der Waals surface area (Å²) in [5.74, 6) is 0.432. The second kappa shape index (κ2) is 8.63. The lowest BCUT2D eigenvalue weighted by atomic mass is 10.1.